The smallest absolute Gasteiger partial charge is 0.230 e. The van der Waals surface area contributed by atoms with Crippen LogP contribution in [0.2, 0.25) is 0 Å². The van der Waals surface area contributed by atoms with E-state index in [1.54, 1.807) is 0 Å². The molecule has 0 spiro atoms. The summed E-state index contributed by atoms with van der Waals surface area (Å²) in [6, 6.07) is -0.174. The highest BCUT2D eigenvalue weighted by Gasteiger charge is 2.15. The predicted octanol–water partition coefficient (Wildman–Crippen LogP) is 1.66. The van der Waals surface area contributed by atoms with Crippen molar-refractivity contribution in [3.05, 3.63) is 17.0 Å². The number of aliphatic hydroxyl groups excluding tert-OH is 1. The van der Waals surface area contributed by atoms with E-state index in [0.29, 0.717) is 11.5 Å². The van der Waals surface area contributed by atoms with Crippen molar-refractivity contribution < 1.29 is 14.4 Å². The van der Waals surface area contributed by atoms with Gasteiger partial charge in [-0.15, -0.1) is 11.8 Å². The van der Waals surface area contributed by atoms with Gasteiger partial charge in [0.2, 0.25) is 5.91 Å². The number of thioether (sulfide) groups is 1. The molecule has 0 fully saturated rings. The Morgan fingerprint density at radius 3 is 2.63 bits per heavy atom. The Balaban J connectivity index is 2.35. The summed E-state index contributed by atoms with van der Waals surface area (Å²) >= 11 is 1.52. The monoisotopic (exact) mass is 286 g/mol. The molecule has 1 aromatic rings. The lowest BCUT2D eigenvalue weighted by molar-refractivity contribution is -0.119. The first kappa shape index (κ1) is 16.0. The van der Waals surface area contributed by atoms with Crippen LogP contribution in [0, 0.1) is 19.8 Å². The van der Waals surface area contributed by atoms with Gasteiger partial charge in [0.25, 0.3) is 0 Å². The second kappa shape index (κ2) is 7.55. The molecule has 1 heterocycles. The van der Waals surface area contributed by atoms with Crippen molar-refractivity contribution in [2.45, 2.75) is 39.5 Å². The Bertz CT molecular complexity index is 399. The van der Waals surface area contributed by atoms with Crippen molar-refractivity contribution in [2.24, 2.45) is 5.92 Å². The van der Waals surface area contributed by atoms with Crippen LogP contribution in [0.25, 0.3) is 0 Å². The van der Waals surface area contributed by atoms with Crippen LogP contribution in [0.4, 0.5) is 0 Å². The molecule has 0 aliphatic heterocycles. The molecule has 0 bridgehead atoms. The summed E-state index contributed by atoms with van der Waals surface area (Å²) < 4.78 is 5.07. The SMILES string of the molecule is Cc1noc(C)c1CSCC(=O)N[C@H](CO)C(C)C. The lowest BCUT2D eigenvalue weighted by Crippen LogP contribution is -2.42. The molecule has 0 aromatic carbocycles. The van der Waals surface area contributed by atoms with Gasteiger partial charge in [0.1, 0.15) is 5.76 Å². The van der Waals surface area contributed by atoms with Crippen molar-refractivity contribution in [2.75, 3.05) is 12.4 Å². The maximum absolute atomic E-state index is 11.7. The number of hydrogen-bond donors (Lipinski definition) is 2. The fourth-order valence-electron chi connectivity index (χ4n) is 1.63. The van der Waals surface area contributed by atoms with Crippen LogP contribution in [0.5, 0.6) is 0 Å². The van der Waals surface area contributed by atoms with Crippen LogP contribution in [0.3, 0.4) is 0 Å². The van der Waals surface area contributed by atoms with Crippen molar-refractivity contribution >= 4 is 17.7 Å². The molecule has 0 aliphatic carbocycles. The van der Waals surface area contributed by atoms with Gasteiger partial charge < -0.3 is 14.9 Å². The Hall–Kier alpha value is -1.01. The summed E-state index contributed by atoms with van der Waals surface area (Å²) in [6.45, 7) is 7.68. The number of carbonyl (C=O) groups excluding carboxylic acids is 1. The molecule has 1 aromatic heterocycles. The van der Waals surface area contributed by atoms with Crippen LogP contribution in [0.15, 0.2) is 4.52 Å². The molecule has 6 heteroatoms. The van der Waals surface area contributed by atoms with Crippen molar-refractivity contribution in [1.82, 2.24) is 10.5 Å². The van der Waals surface area contributed by atoms with E-state index >= 15 is 0 Å². The van der Waals surface area contributed by atoms with E-state index in [-0.39, 0.29) is 24.5 Å². The number of hydrogen-bond acceptors (Lipinski definition) is 5. The molecule has 1 atom stereocenters. The standard InChI is InChI=1S/C13H22N2O3S/c1-8(2)12(5-16)14-13(17)7-19-6-11-9(3)15-18-10(11)4/h8,12,16H,5-7H2,1-4H3,(H,14,17)/t12-/m1/s1. The Kier molecular flexibility index (Phi) is 6.37. The molecular weight excluding hydrogens is 264 g/mol. The number of aromatic nitrogens is 1. The van der Waals surface area contributed by atoms with Crippen LogP contribution in [-0.4, -0.2) is 34.6 Å². The van der Waals surface area contributed by atoms with Gasteiger partial charge in [-0.2, -0.15) is 0 Å². The molecule has 0 saturated heterocycles. The fraction of sp³-hybridized carbons (Fsp3) is 0.692. The minimum atomic E-state index is -0.174. The zero-order valence-corrected chi connectivity index (χ0v) is 12.7. The van der Waals surface area contributed by atoms with E-state index in [0.717, 1.165) is 17.0 Å². The first-order valence-corrected chi connectivity index (χ1v) is 7.50. The fourth-order valence-corrected chi connectivity index (χ4v) is 2.61. The molecule has 0 saturated carbocycles. The third-order valence-electron chi connectivity index (χ3n) is 3.01. The molecule has 19 heavy (non-hydrogen) atoms. The van der Waals surface area contributed by atoms with Gasteiger partial charge in [-0.3, -0.25) is 4.79 Å². The number of aryl methyl sites for hydroxylation is 2. The predicted molar refractivity (Wildman–Crippen MR) is 76.0 cm³/mol. The molecule has 0 unspecified atom stereocenters. The zero-order chi connectivity index (χ0) is 14.4. The van der Waals surface area contributed by atoms with E-state index in [1.165, 1.54) is 11.8 Å². The molecular formula is C13H22N2O3S. The van der Waals surface area contributed by atoms with Crippen LogP contribution >= 0.6 is 11.8 Å². The van der Waals surface area contributed by atoms with Crippen LogP contribution in [-0.2, 0) is 10.5 Å². The quantitative estimate of drug-likeness (QED) is 0.797. The third kappa shape index (κ3) is 4.87. The molecule has 1 rings (SSSR count). The second-order valence-electron chi connectivity index (χ2n) is 4.90. The average Bonchev–Trinajstić information content (AvgIpc) is 2.67. The number of amides is 1. The Morgan fingerprint density at radius 2 is 2.16 bits per heavy atom. The first-order chi connectivity index (χ1) is 8.95. The maximum atomic E-state index is 11.7. The molecule has 2 N–H and O–H groups in total. The van der Waals surface area contributed by atoms with Gasteiger partial charge in [0.05, 0.1) is 24.1 Å². The maximum Gasteiger partial charge on any atom is 0.230 e. The molecule has 1 amide bonds. The zero-order valence-electron chi connectivity index (χ0n) is 11.9. The molecule has 5 nitrogen and oxygen atoms in total. The summed E-state index contributed by atoms with van der Waals surface area (Å²) in [5.74, 6) is 2.06. The molecule has 0 radical (unpaired) electrons. The van der Waals surface area contributed by atoms with Gasteiger partial charge >= 0.3 is 0 Å². The first-order valence-electron chi connectivity index (χ1n) is 6.35. The number of carbonyl (C=O) groups is 1. The normalized spacial score (nSPS) is 12.7. The number of nitrogens with one attached hydrogen (secondary N) is 1. The third-order valence-corrected chi connectivity index (χ3v) is 3.97. The number of rotatable bonds is 7. The van der Waals surface area contributed by atoms with Crippen LogP contribution < -0.4 is 5.32 Å². The summed E-state index contributed by atoms with van der Waals surface area (Å²) in [6.07, 6.45) is 0. The largest absolute Gasteiger partial charge is 0.394 e. The Morgan fingerprint density at radius 1 is 1.47 bits per heavy atom. The van der Waals surface area contributed by atoms with Crippen molar-refractivity contribution in [3.8, 4) is 0 Å². The van der Waals surface area contributed by atoms with Gasteiger partial charge in [-0.05, 0) is 19.8 Å². The highest BCUT2D eigenvalue weighted by Crippen LogP contribution is 2.19. The minimum absolute atomic E-state index is 0.0298. The van der Waals surface area contributed by atoms with E-state index in [9.17, 15) is 4.79 Å². The van der Waals surface area contributed by atoms with Crippen LogP contribution in [0.1, 0.15) is 30.9 Å². The average molecular weight is 286 g/mol. The number of aliphatic hydroxyl groups is 1. The number of nitrogens with zero attached hydrogens (tertiary/aromatic N) is 1. The summed E-state index contributed by atoms with van der Waals surface area (Å²) in [5.41, 5.74) is 1.93. The molecule has 0 aliphatic rings. The van der Waals surface area contributed by atoms with Gasteiger partial charge in [0, 0.05) is 11.3 Å². The van der Waals surface area contributed by atoms with Gasteiger partial charge in [-0.25, -0.2) is 0 Å². The van der Waals surface area contributed by atoms with E-state index in [4.69, 9.17) is 9.63 Å². The molecule has 108 valence electrons. The minimum Gasteiger partial charge on any atom is -0.394 e. The van der Waals surface area contributed by atoms with E-state index in [2.05, 4.69) is 10.5 Å². The summed E-state index contributed by atoms with van der Waals surface area (Å²) in [4.78, 5) is 11.7. The lowest BCUT2D eigenvalue weighted by Gasteiger charge is -2.19. The highest BCUT2D eigenvalue weighted by atomic mass is 32.2. The summed E-state index contributed by atoms with van der Waals surface area (Å²) in [7, 11) is 0. The van der Waals surface area contributed by atoms with E-state index < -0.39 is 0 Å². The highest BCUT2D eigenvalue weighted by molar-refractivity contribution is 7.99. The van der Waals surface area contributed by atoms with Crippen molar-refractivity contribution in [1.29, 1.82) is 0 Å². The summed E-state index contributed by atoms with van der Waals surface area (Å²) in [5, 5.41) is 15.9. The second-order valence-corrected chi connectivity index (χ2v) is 5.88. The lowest BCUT2D eigenvalue weighted by atomic mass is 10.1. The van der Waals surface area contributed by atoms with Crippen molar-refractivity contribution in [3.63, 3.8) is 0 Å². The Labute approximate surface area is 118 Å². The van der Waals surface area contributed by atoms with E-state index in [1.807, 2.05) is 27.7 Å². The topological polar surface area (TPSA) is 75.4 Å². The van der Waals surface area contributed by atoms with Gasteiger partial charge in [-0.1, -0.05) is 19.0 Å². The van der Waals surface area contributed by atoms with Gasteiger partial charge in [0.15, 0.2) is 0 Å².